The molecule has 0 aliphatic heterocycles. The lowest BCUT2D eigenvalue weighted by Crippen LogP contribution is -2.38. The summed E-state index contributed by atoms with van der Waals surface area (Å²) in [4.78, 5) is 0. The van der Waals surface area contributed by atoms with Crippen LogP contribution in [0, 0.1) is 23.7 Å². The molecule has 5 heteroatoms. The van der Waals surface area contributed by atoms with Gasteiger partial charge in [0, 0.05) is 12.6 Å². The minimum absolute atomic E-state index is 0.0879. The van der Waals surface area contributed by atoms with Crippen LogP contribution in [0.3, 0.4) is 0 Å². The molecule has 3 aliphatic rings. The molecule has 1 aromatic rings. The molecule has 3 aliphatic carbocycles. The summed E-state index contributed by atoms with van der Waals surface area (Å²) < 4.78 is 34.4. The van der Waals surface area contributed by atoms with Crippen LogP contribution in [0.5, 0.6) is 11.5 Å². The SMILES string of the molecule is COc1cc(CN[C@@H]2C[C@H]3C[C@@H]2[C@H]2CCC[C@H]32)ccc1OC(F)F. The van der Waals surface area contributed by atoms with Crippen LogP contribution in [0.4, 0.5) is 8.78 Å². The molecule has 1 aromatic carbocycles. The molecule has 3 nitrogen and oxygen atoms in total. The maximum Gasteiger partial charge on any atom is 0.387 e. The topological polar surface area (TPSA) is 30.5 Å². The normalized spacial score (nSPS) is 33.9. The van der Waals surface area contributed by atoms with Crippen molar-refractivity contribution in [1.82, 2.24) is 5.32 Å². The van der Waals surface area contributed by atoms with E-state index in [9.17, 15) is 8.78 Å². The van der Waals surface area contributed by atoms with Crippen LogP contribution in [0.2, 0.25) is 0 Å². The summed E-state index contributed by atoms with van der Waals surface area (Å²) in [6, 6.07) is 5.79. The molecule has 3 fully saturated rings. The van der Waals surface area contributed by atoms with E-state index in [2.05, 4.69) is 10.1 Å². The number of methoxy groups -OCH3 is 1. The Morgan fingerprint density at radius 3 is 2.75 bits per heavy atom. The van der Waals surface area contributed by atoms with Crippen LogP contribution in [-0.4, -0.2) is 19.8 Å². The highest BCUT2D eigenvalue weighted by Crippen LogP contribution is 2.58. The molecule has 2 bridgehead atoms. The standard InChI is InChI=1S/C19H25F2NO2/c1-23-18-7-11(5-6-17(18)24-19(20)21)10-22-16-9-12-8-15(16)14-4-2-3-13(12)14/h5-7,12-16,19,22H,2-4,8-10H2,1H3/t12-,13-,14+,15-,16-/m1/s1. The van der Waals surface area contributed by atoms with Crippen LogP contribution >= 0.6 is 0 Å². The van der Waals surface area contributed by atoms with Gasteiger partial charge >= 0.3 is 6.61 Å². The van der Waals surface area contributed by atoms with E-state index in [-0.39, 0.29) is 5.75 Å². The van der Waals surface area contributed by atoms with Gasteiger partial charge in [-0.3, -0.25) is 0 Å². The number of nitrogens with one attached hydrogen (secondary N) is 1. The van der Waals surface area contributed by atoms with Crippen LogP contribution in [-0.2, 0) is 6.54 Å². The number of fused-ring (bicyclic) bond motifs is 5. The molecular formula is C19H25F2NO2. The predicted molar refractivity (Wildman–Crippen MR) is 87.3 cm³/mol. The molecule has 132 valence electrons. The van der Waals surface area contributed by atoms with E-state index in [0.29, 0.717) is 11.8 Å². The number of hydrogen-bond acceptors (Lipinski definition) is 3. The zero-order valence-electron chi connectivity index (χ0n) is 14.0. The first-order chi connectivity index (χ1) is 11.7. The van der Waals surface area contributed by atoms with Crippen LogP contribution in [0.25, 0.3) is 0 Å². The fraction of sp³-hybridized carbons (Fsp3) is 0.684. The Balaban J connectivity index is 1.38. The Bertz CT molecular complexity index is 595. The maximum atomic E-state index is 12.4. The second-order valence-electron chi connectivity index (χ2n) is 7.51. The first-order valence-electron chi connectivity index (χ1n) is 9.01. The van der Waals surface area contributed by atoms with Gasteiger partial charge in [-0.15, -0.1) is 0 Å². The summed E-state index contributed by atoms with van der Waals surface area (Å²) in [6.45, 7) is -2.09. The largest absolute Gasteiger partial charge is 0.493 e. The molecule has 4 rings (SSSR count). The number of benzene rings is 1. The van der Waals surface area contributed by atoms with Gasteiger partial charge in [0.25, 0.3) is 0 Å². The van der Waals surface area contributed by atoms with Gasteiger partial charge in [0.05, 0.1) is 7.11 Å². The van der Waals surface area contributed by atoms with Crippen molar-refractivity contribution < 1.29 is 18.3 Å². The Morgan fingerprint density at radius 1 is 1.12 bits per heavy atom. The van der Waals surface area contributed by atoms with Crippen LogP contribution in [0.1, 0.15) is 37.7 Å². The number of rotatable bonds is 6. The molecule has 3 saturated carbocycles. The molecule has 1 N–H and O–H groups in total. The highest BCUT2D eigenvalue weighted by atomic mass is 19.3. The van der Waals surface area contributed by atoms with Gasteiger partial charge in [0.2, 0.25) is 0 Å². The average molecular weight is 337 g/mol. The molecule has 0 saturated heterocycles. The first-order valence-corrected chi connectivity index (χ1v) is 9.01. The second-order valence-corrected chi connectivity index (χ2v) is 7.51. The van der Waals surface area contributed by atoms with Crippen molar-refractivity contribution in [3.63, 3.8) is 0 Å². The molecule has 0 spiro atoms. The van der Waals surface area contributed by atoms with Crippen LogP contribution in [0.15, 0.2) is 18.2 Å². The summed E-state index contributed by atoms with van der Waals surface area (Å²) in [7, 11) is 1.47. The Labute approximate surface area is 141 Å². The monoisotopic (exact) mass is 337 g/mol. The van der Waals surface area contributed by atoms with E-state index in [1.54, 1.807) is 12.1 Å². The summed E-state index contributed by atoms with van der Waals surface area (Å²) in [5.74, 6) is 4.15. The lowest BCUT2D eigenvalue weighted by atomic mass is 9.79. The third kappa shape index (κ3) is 2.87. The number of ether oxygens (including phenoxy) is 2. The van der Waals surface area contributed by atoms with Gasteiger partial charge in [-0.05, 0) is 67.1 Å². The Hall–Kier alpha value is -1.36. The predicted octanol–water partition coefficient (Wildman–Crippen LogP) is 4.21. The van der Waals surface area contributed by atoms with Crippen molar-refractivity contribution in [1.29, 1.82) is 0 Å². The number of halogens is 2. The Kier molecular flexibility index (Phi) is 4.37. The number of hydrogen-bond donors (Lipinski definition) is 1. The summed E-state index contributed by atoms with van der Waals surface area (Å²) in [5, 5.41) is 3.71. The van der Waals surface area contributed by atoms with E-state index >= 15 is 0 Å². The summed E-state index contributed by atoms with van der Waals surface area (Å²) in [6.07, 6.45) is 6.98. The molecule has 0 aromatic heterocycles. The van der Waals surface area contributed by atoms with Gasteiger partial charge in [-0.25, -0.2) is 0 Å². The molecular weight excluding hydrogens is 312 g/mol. The van der Waals surface area contributed by atoms with Crippen LogP contribution < -0.4 is 14.8 Å². The molecule has 0 amide bonds. The maximum absolute atomic E-state index is 12.4. The fourth-order valence-corrected chi connectivity index (χ4v) is 5.57. The lowest BCUT2D eigenvalue weighted by Gasteiger charge is -2.32. The van der Waals surface area contributed by atoms with Gasteiger partial charge in [-0.1, -0.05) is 12.5 Å². The van der Waals surface area contributed by atoms with E-state index in [0.717, 1.165) is 35.8 Å². The number of alkyl halides is 2. The summed E-state index contributed by atoms with van der Waals surface area (Å²) in [5.41, 5.74) is 1.04. The third-order valence-corrected chi connectivity index (χ3v) is 6.44. The van der Waals surface area contributed by atoms with Gasteiger partial charge in [-0.2, -0.15) is 8.78 Å². The minimum atomic E-state index is -2.84. The van der Waals surface area contributed by atoms with E-state index < -0.39 is 6.61 Å². The van der Waals surface area contributed by atoms with Crippen molar-refractivity contribution >= 4 is 0 Å². The van der Waals surface area contributed by atoms with E-state index in [4.69, 9.17) is 4.74 Å². The molecule has 0 unspecified atom stereocenters. The van der Waals surface area contributed by atoms with E-state index in [1.165, 1.54) is 39.2 Å². The smallest absolute Gasteiger partial charge is 0.387 e. The first kappa shape index (κ1) is 16.1. The zero-order chi connectivity index (χ0) is 16.7. The zero-order valence-corrected chi connectivity index (χ0v) is 14.0. The van der Waals surface area contributed by atoms with Crippen molar-refractivity contribution in [2.45, 2.75) is 51.3 Å². The van der Waals surface area contributed by atoms with E-state index in [1.807, 2.05) is 6.07 Å². The molecule has 24 heavy (non-hydrogen) atoms. The highest BCUT2D eigenvalue weighted by Gasteiger charge is 2.53. The molecule has 0 heterocycles. The van der Waals surface area contributed by atoms with Gasteiger partial charge < -0.3 is 14.8 Å². The van der Waals surface area contributed by atoms with Crippen molar-refractivity contribution in [2.24, 2.45) is 23.7 Å². The third-order valence-electron chi connectivity index (χ3n) is 6.44. The lowest BCUT2D eigenvalue weighted by molar-refractivity contribution is -0.0512. The quantitative estimate of drug-likeness (QED) is 0.843. The molecule has 5 atom stereocenters. The summed E-state index contributed by atoms with van der Waals surface area (Å²) >= 11 is 0. The van der Waals surface area contributed by atoms with Crippen molar-refractivity contribution in [2.75, 3.05) is 7.11 Å². The fourth-order valence-electron chi connectivity index (χ4n) is 5.57. The van der Waals surface area contributed by atoms with Crippen molar-refractivity contribution in [3.8, 4) is 11.5 Å². The van der Waals surface area contributed by atoms with Gasteiger partial charge in [0.15, 0.2) is 11.5 Å². The average Bonchev–Trinajstić information content (AvgIpc) is 3.26. The Morgan fingerprint density at radius 2 is 1.96 bits per heavy atom. The van der Waals surface area contributed by atoms with Gasteiger partial charge in [0.1, 0.15) is 0 Å². The van der Waals surface area contributed by atoms with Crippen molar-refractivity contribution in [3.05, 3.63) is 23.8 Å². The highest BCUT2D eigenvalue weighted by molar-refractivity contribution is 5.43. The second kappa shape index (κ2) is 6.51. The minimum Gasteiger partial charge on any atom is -0.493 e. The molecule has 0 radical (unpaired) electrons.